The molecule has 8 heteroatoms. The molecular weight excluding hydrogens is 425 g/mol. The van der Waals surface area contributed by atoms with Gasteiger partial charge < -0.3 is 4.74 Å². The zero-order valence-electron chi connectivity index (χ0n) is 14.1. The fourth-order valence-electron chi connectivity index (χ4n) is 2.33. The number of halogens is 2. The quantitative estimate of drug-likeness (QED) is 0.514. The van der Waals surface area contributed by atoms with Gasteiger partial charge in [-0.25, -0.2) is 8.42 Å². The Morgan fingerprint density at radius 2 is 1.56 bits per heavy atom. The van der Waals surface area contributed by atoms with E-state index in [1.807, 2.05) is 42.5 Å². The van der Waals surface area contributed by atoms with Crippen LogP contribution in [-0.2, 0) is 10.0 Å². The van der Waals surface area contributed by atoms with Crippen molar-refractivity contribution in [3.8, 4) is 5.75 Å². The van der Waals surface area contributed by atoms with Gasteiger partial charge in [0.2, 0.25) is 0 Å². The van der Waals surface area contributed by atoms with Gasteiger partial charge >= 0.3 is 0 Å². The molecule has 3 aromatic rings. The van der Waals surface area contributed by atoms with E-state index in [9.17, 15) is 8.42 Å². The van der Waals surface area contributed by atoms with E-state index in [0.717, 1.165) is 9.79 Å². The topological polar surface area (TPSA) is 55.4 Å². The first-order valence-corrected chi connectivity index (χ1v) is 10.8. The van der Waals surface area contributed by atoms with Crippen LogP contribution in [0.2, 0.25) is 10.0 Å². The van der Waals surface area contributed by atoms with Gasteiger partial charge in [0.1, 0.15) is 15.7 Å². The maximum atomic E-state index is 12.9. The van der Waals surface area contributed by atoms with Crippen LogP contribution in [0.3, 0.4) is 0 Å². The minimum Gasteiger partial charge on any atom is -0.495 e. The number of nitrogens with one attached hydrogen (secondary N) is 1. The summed E-state index contributed by atoms with van der Waals surface area (Å²) in [6.45, 7) is 0. The predicted octanol–water partition coefficient (Wildman–Crippen LogP) is 5.95. The van der Waals surface area contributed by atoms with Crippen LogP contribution >= 0.6 is 35.0 Å². The van der Waals surface area contributed by atoms with Crippen LogP contribution in [-0.4, -0.2) is 15.5 Å². The normalized spacial score (nSPS) is 11.2. The van der Waals surface area contributed by atoms with Crippen LogP contribution in [0.5, 0.6) is 5.75 Å². The van der Waals surface area contributed by atoms with Crippen molar-refractivity contribution in [2.45, 2.75) is 14.7 Å². The lowest BCUT2D eigenvalue weighted by atomic mass is 10.3. The second-order valence-corrected chi connectivity index (χ2v) is 8.93. The Hall–Kier alpha value is -1.86. The second-order valence-electron chi connectivity index (χ2n) is 5.41. The second kappa shape index (κ2) is 8.44. The molecule has 0 saturated carbocycles. The molecule has 1 N–H and O–H groups in total. The molecule has 4 nitrogen and oxygen atoms in total. The highest BCUT2D eigenvalue weighted by atomic mass is 35.5. The first kappa shape index (κ1) is 19.9. The smallest absolute Gasteiger partial charge is 0.263 e. The van der Waals surface area contributed by atoms with Crippen LogP contribution in [0.1, 0.15) is 0 Å². The molecule has 0 atom stereocenters. The largest absolute Gasteiger partial charge is 0.495 e. The molecule has 3 aromatic carbocycles. The highest BCUT2D eigenvalue weighted by molar-refractivity contribution is 7.99. The molecule has 0 aliphatic carbocycles. The summed E-state index contributed by atoms with van der Waals surface area (Å²) in [5.41, 5.74) is 0.453. The molecule has 0 amide bonds. The third kappa shape index (κ3) is 4.52. The van der Waals surface area contributed by atoms with Crippen LogP contribution in [0, 0.1) is 0 Å². The number of benzene rings is 3. The average Bonchev–Trinajstić information content (AvgIpc) is 2.66. The van der Waals surface area contributed by atoms with Crippen molar-refractivity contribution in [1.82, 2.24) is 0 Å². The summed E-state index contributed by atoms with van der Waals surface area (Å²) in [4.78, 5) is 1.65. The van der Waals surface area contributed by atoms with Crippen molar-refractivity contribution in [3.63, 3.8) is 0 Å². The van der Waals surface area contributed by atoms with Gasteiger partial charge in [0.25, 0.3) is 10.0 Å². The molecular formula is C19H15Cl2NO3S2. The fraction of sp³-hybridized carbons (Fsp3) is 0.0526. The van der Waals surface area contributed by atoms with Gasteiger partial charge in [0, 0.05) is 9.79 Å². The van der Waals surface area contributed by atoms with E-state index in [1.165, 1.54) is 31.0 Å². The van der Waals surface area contributed by atoms with Crippen molar-refractivity contribution in [3.05, 3.63) is 76.8 Å². The van der Waals surface area contributed by atoms with Gasteiger partial charge in [-0.15, -0.1) is 0 Å². The number of ether oxygens (including phenoxy) is 1. The lowest BCUT2D eigenvalue weighted by Crippen LogP contribution is -2.14. The Morgan fingerprint density at radius 3 is 2.26 bits per heavy atom. The zero-order chi connectivity index (χ0) is 19.4. The molecule has 0 spiro atoms. The Labute approximate surface area is 172 Å². The molecule has 140 valence electrons. The van der Waals surface area contributed by atoms with Crippen molar-refractivity contribution in [2.24, 2.45) is 0 Å². The SMILES string of the molecule is COc1ccc(S(=O)(=O)Nc2ccccc2Sc2ccccc2)c(Cl)c1Cl. The average molecular weight is 440 g/mol. The highest BCUT2D eigenvalue weighted by Crippen LogP contribution is 2.38. The van der Waals surface area contributed by atoms with Gasteiger partial charge in [0.15, 0.2) is 0 Å². The molecule has 0 fully saturated rings. The summed E-state index contributed by atoms with van der Waals surface area (Å²) >= 11 is 13.7. The Kier molecular flexibility index (Phi) is 6.22. The van der Waals surface area contributed by atoms with Crippen molar-refractivity contribution in [1.29, 1.82) is 0 Å². The predicted molar refractivity (Wildman–Crippen MR) is 111 cm³/mol. The van der Waals surface area contributed by atoms with E-state index in [1.54, 1.807) is 12.1 Å². The lowest BCUT2D eigenvalue weighted by Gasteiger charge is -2.14. The molecule has 0 saturated heterocycles. The van der Waals surface area contributed by atoms with Gasteiger partial charge in [-0.1, -0.05) is 65.3 Å². The zero-order valence-corrected chi connectivity index (χ0v) is 17.3. The minimum atomic E-state index is -3.94. The first-order chi connectivity index (χ1) is 12.9. The summed E-state index contributed by atoms with van der Waals surface area (Å²) in [5, 5.41) is -0.0364. The Morgan fingerprint density at radius 1 is 0.889 bits per heavy atom. The monoisotopic (exact) mass is 439 g/mol. The summed E-state index contributed by atoms with van der Waals surface area (Å²) in [5.74, 6) is 0.306. The standard InChI is InChI=1S/C19H15Cl2NO3S2/c1-25-15-11-12-17(19(21)18(15)20)27(23,24)22-14-9-5-6-10-16(14)26-13-7-3-2-4-8-13/h2-12,22H,1H3. The van der Waals surface area contributed by atoms with Crippen molar-refractivity contribution < 1.29 is 13.2 Å². The molecule has 27 heavy (non-hydrogen) atoms. The minimum absolute atomic E-state index is 0.0500. The number of methoxy groups -OCH3 is 1. The first-order valence-electron chi connectivity index (χ1n) is 7.79. The Balaban J connectivity index is 1.94. The molecule has 0 unspecified atom stereocenters. The number of rotatable bonds is 6. The third-order valence-corrected chi connectivity index (χ3v) is 7.09. The molecule has 0 aliphatic heterocycles. The van der Waals surface area contributed by atoms with Crippen LogP contribution in [0.4, 0.5) is 5.69 Å². The fourth-order valence-corrected chi connectivity index (χ4v) is 5.24. The molecule has 0 radical (unpaired) electrons. The molecule has 0 heterocycles. The number of anilines is 1. The molecule has 0 aliphatic rings. The van der Waals surface area contributed by atoms with Crippen LogP contribution in [0.15, 0.2) is 81.4 Å². The number of sulfonamides is 1. The number of para-hydroxylation sites is 1. The number of hydrogen-bond donors (Lipinski definition) is 1. The van der Waals surface area contributed by atoms with Crippen molar-refractivity contribution >= 4 is 50.7 Å². The van der Waals surface area contributed by atoms with E-state index in [2.05, 4.69) is 4.72 Å². The molecule has 3 rings (SSSR count). The maximum Gasteiger partial charge on any atom is 0.263 e. The van der Waals surface area contributed by atoms with Crippen molar-refractivity contribution in [2.75, 3.05) is 11.8 Å². The summed E-state index contributed by atoms with van der Waals surface area (Å²) < 4.78 is 33.4. The van der Waals surface area contributed by atoms with Gasteiger partial charge in [-0.3, -0.25) is 4.72 Å². The maximum absolute atomic E-state index is 12.9. The third-order valence-electron chi connectivity index (χ3n) is 3.62. The molecule has 0 bridgehead atoms. The molecule has 0 aromatic heterocycles. The lowest BCUT2D eigenvalue weighted by molar-refractivity contribution is 0.414. The van der Waals surface area contributed by atoms with Gasteiger partial charge in [-0.05, 0) is 36.4 Å². The van der Waals surface area contributed by atoms with E-state index >= 15 is 0 Å². The van der Waals surface area contributed by atoms with E-state index in [0.29, 0.717) is 11.4 Å². The summed E-state index contributed by atoms with van der Waals surface area (Å²) in [6.07, 6.45) is 0. The van der Waals surface area contributed by atoms with E-state index < -0.39 is 10.0 Å². The van der Waals surface area contributed by atoms with Gasteiger partial charge in [-0.2, -0.15) is 0 Å². The number of hydrogen-bond acceptors (Lipinski definition) is 4. The summed E-state index contributed by atoms with van der Waals surface area (Å²) in [6, 6.07) is 19.7. The van der Waals surface area contributed by atoms with Crippen LogP contribution in [0.25, 0.3) is 0 Å². The van der Waals surface area contributed by atoms with E-state index in [4.69, 9.17) is 27.9 Å². The summed E-state index contributed by atoms with van der Waals surface area (Å²) in [7, 11) is -2.51. The van der Waals surface area contributed by atoms with Crippen LogP contribution < -0.4 is 9.46 Å². The van der Waals surface area contributed by atoms with Gasteiger partial charge in [0.05, 0.1) is 17.8 Å². The van der Waals surface area contributed by atoms with E-state index in [-0.39, 0.29) is 14.9 Å². The Bertz CT molecular complexity index is 1060. The highest BCUT2D eigenvalue weighted by Gasteiger charge is 2.23.